The first-order valence-corrected chi connectivity index (χ1v) is 13.5. The van der Waals surface area contributed by atoms with Gasteiger partial charge in [0.25, 0.3) is 6.35 Å². The summed E-state index contributed by atoms with van der Waals surface area (Å²) < 4.78 is 34.5. The van der Waals surface area contributed by atoms with Crippen LogP contribution >= 0.6 is 8.03 Å². The molecule has 1 fully saturated rings. The molecule has 14 heteroatoms. The number of rotatable bonds is 11. The largest absolute Gasteiger partial charge is 0.537 e. The highest BCUT2D eigenvalue weighted by molar-refractivity contribution is 7.38. The van der Waals surface area contributed by atoms with E-state index in [1.807, 2.05) is 6.92 Å². The second kappa shape index (κ2) is 13.7. The van der Waals surface area contributed by atoms with Gasteiger partial charge in [-0.2, -0.15) is 0 Å². The molecule has 3 unspecified atom stereocenters. The third-order valence-corrected chi connectivity index (χ3v) is 6.07. The van der Waals surface area contributed by atoms with Crippen molar-refractivity contribution in [1.82, 2.24) is 19.5 Å². The zero-order valence-electron chi connectivity index (χ0n) is 22.2. The smallest absolute Gasteiger partial charge is 0.461 e. The number of aromatic nitrogens is 4. The minimum atomic E-state index is -2.16. The maximum Gasteiger partial charge on any atom is 0.537 e. The molecular weight excluding hydrogens is 503 g/mol. The third-order valence-electron chi connectivity index (χ3n) is 5.16. The van der Waals surface area contributed by atoms with Crippen LogP contribution in [-0.2, 0) is 39.4 Å². The van der Waals surface area contributed by atoms with Crippen molar-refractivity contribution >= 4 is 36.9 Å². The molecule has 0 amide bonds. The molecule has 0 aromatic carbocycles. The molecule has 0 spiro atoms. The van der Waals surface area contributed by atoms with Crippen LogP contribution in [0.15, 0.2) is 12.7 Å². The van der Waals surface area contributed by atoms with E-state index in [1.54, 1.807) is 38.6 Å². The summed E-state index contributed by atoms with van der Waals surface area (Å²) in [5.74, 6) is -0.540. The number of anilines is 1. The predicted molar refractivity (Wildman–Crippen MR) is 137 cm³/mol. The van der Waals surface area contributed by atoms with E-state index in [1.165, 1.54) is 19.7 Å². The van der Waals surface area contributed by atoms with Crippen LogP contribution in [0.5, 0.6) is 0 Å². The number of nitrogens with two attached hydrogens (primary N) is 2. The van der Waals surface area contributed by atoms with Gasteiger partial charge < -0.3 is 30.2 Å². The molecule has 1 saturated carbocycles. The average molecular weight is 542 g/mol. The fourth-order valence-electron chi connectivity index (χ4n) is 2.92. The Hall–Kier alpha value is -2.73. The van der Waals surface area contributed by atoms with Gasteiger partial charge >= 0.3 is 20.0 Å². The van der Waals surface area contributed by atoms with Crippen molar-refractivity contribution < 1.29 is 32.9 Å². The van der Waals surface area contributed by atoms with Gasteiger partial charge in [-0.1, -0.05) is 0 Å². The van der Waals surface area contributed by atoms with E-state index in [0.29, 0.717) is 23.5 Å². The Labute approximate surface area is 217 Å². The van der Waals surface area contributed by atoms with Crippen LogP contribution in [0.1, 0.15) is 60.8 Å². The number of carbonyl (C=O) groups excluding carboxylic acids is 2. The van der Waals surface area contributed by atoms with Crippen molar-refractivity contribution in [2.24, 2.45) is 5.73 Å². The van der Waals surface area contributed by atoms with Crippen LogP contribution in [0.2, 0.25) is 0 Å². The van der Waals surface area contributed by atoms with Crippen molar-refractivity contribution in [3.8, 4) is 0 Å². The van der Waals surface area contributed by atoms with E-state index >= 15 is 0 Å². The predicted octanol–water partition coefficient (Wildman–Crippen LogP) is 2.69. The van der Waals surface area contributed by atoms with Gasteiger partial charge in [0.05, 0.1) is 25.1 Å². The standard InChI is InChI=1S/C15H23N5O5P.C8H15NO2/c1-9(2)24-15(21)11(4)25-26(22)8-23-10(3)5-20-7-19-12-13(16)17-6-18-14(12)20;1-8(2,9)7(10)11-6-4-3-5-6/h6-7,9-11H,5,8H2,1-4H3,(H2,16,17,18);6H,3-5,9H2,1-2H3/q+1;. The van der Waals surface area contributed by atoms with Gasteiger partial charge in [0.1, 0.15) is 23.5 Å². The topological polar surface area (TPSA) is 184 Å². The van der Waals surface area contributed by atoms with Crippen molar-refractivity contribution in [2.45, 2.75) is 97.3 Å². The molecule has 1 aliphatic carbocycles. The van der Waals surface area contributed by atoms with E-state index < -0.39 is 25.6 Å². The number of hydrogen-bond donors (Lipinski definition) is 2. The normalized spacial score (nSPS) is 15.8. The lowest BCUT2D eigenvalue weighted by molar-refractivity contribution is -0.158. The van der Waals surface area contributed by atoms with Crippen molar-refractivity contribution in [3.63, 3.8) is 0 Å². The highest BCUT2D eigenvalue weighted by Gasteiger charge is 2.30. The van der Waals surface area contributed by atoms with Crippen molar-refractivity contribution in [1.29, 1.82) is 0 Å². The Morgan fingerprint density at radius 3 is 2.43 bits per heavy atom. The molecule has 206 valence electrons. The summed E-state index contributed by atoms with van der Waals surface area (Å²) in [6, 6.07) is 0. The summed E-state index contributed by atoms with van der Waals surface area (Å²) in [6.07, 6.45) is 4.67. The SMILES string of the molecule is CC(C)(N)C(=O)OC1CCC1.CC(C)OC(=O)C(C)O[P+](=O)COC(C)Cn1cnc2c(N)ncnc21. The van der Waals surface area contributed by atoms with Gasteiger partial charge in [0, 0.05) is 0 Å². The van der Waals surface area contributed by atoms with Gasteiger partial charge in [0.15, 0.2) is 11.5 Å². The first-order valence-electron chi connectivity index (χ1n) is 12.1. The molecule has 3 atom stereocenters. The fraction of sp³-hybridized carbons (Fsp3) is 0.696. The maximum absolute atomic E-state index is 11.9. The molecule has 37 heavy (non-hydrogen) atoms. The Balaban J connectivity index is 0.000000364. The second-order valence-electron chi connectivity index (χ2n) is 9.68. The summed E-state index contributed by atoms with van der Waals surface area (Å²) in [5, 5.41) is 0. The summed E-state index contributed by atoms with van der Waals surface area (Å²) in [4.78, 5) is 35.0. The Morgan fingerprint density at radius 1 is 1.19 bits per heavy atom. The summed E-state index contributed by atoms with van der Waals surface area (Å²) in [7, 11) is -2.16. The number of hydrogen-bond acceptors (Lipinski definition) is 12. The number of nitrogen functional groups attached to an aromatic ring is 1. The molecule has 0 radical (unpaired) electrons. The molecule has 2 aromatic heterocycles. The van der Waals surface area contributed by atoms with Gasteiger partial charge in [-0.3, -0.25) is 4.79 Å². The number of carbonyl (C=O) groups is 2. The van der Waals surface area contributed by atoms with Gasteiger partial charge in [0.2, 0.25) is 6.10 Å². The molecule has 1 aliphatic rings. The third kappa shape index (κ3) is 9.92. The minimum Gasteiger partial charge on any atom is -0.461 e. The first-order chi connectivity index (χ1) is 17.3. The summed E-state index contributed by atoms with van der Waals surface area (Å²) >= 11 is 0. The van der Waals surface area contributed by atoms with Crippen LogP contribution < -0.4 is 11.5 Å². The average Bonchev–Trinajstić information content (AvgIpc) is 3.18. The van der Waals surface area contributed by atoms with E-state index in [0.717, 1.165) is 12.8 Å². The van der Waals surface area contributed by atoms with Crippen LogP contribution in [0.4, 0.5) is 5.82 Å². The van der Waals surface area contributed by atoms with E-state index in [4.69, 9.17) is 30.2 Å². The molecule has 13 nitrogen and oxygen atoms in total. The van der Waals surface area contributed by atoms with Gasteiger partial charge in [-0.05, 0) is 65.4 Å². The Kier molecular flexibility index (Phi) is 11.3. The fourth-order valence-corrected chi connectivity index (χ4v) is 3.80. The monoisotopic (exact) mass is 541 g/mol. The lowest BCUT2D eigenvalue weighted by atomic mass is 9.96. The minimum absolute atomic E-state index is 0.139. The van der Waals surface area contributed by atoms with Gasteiger partial charge in [-0.25, -0.2) is 19.7 Å². The summed E-state index contributed by atoms with van der Waals surface area (Å²) in [6.45, 7) is 10.5. The lowest BCUT2D eigenvalue weighted by Gasteiger charge is -2.28. The molecule has 0 bridgehead atoms. The van der Waals surface area contributed by atoms with Crippen LogP contribution in [0.3, 0.4) is 0 Å². The molecule has 4 N–H and O–H groups in total. The number of ether oxygens (including phenoxy) is 3. The molecule has 0 aliphatic heterocycles. The van der Waals surface area contributed by atoms with Gasteiger partial charge in [-0.15, -0.1) is 4.52 Å². The highest BCUT2D eigenvalue weighted by Crippen LogP contribution is 2.26. The number of imidazole rings is 1. The highest BCUT2D eigenvalue weighted by atomic mass is 31.1. The quantitative estimate of drug-likeness (QED) is 0.314. The lowest BCUT2D eigenvalue weighted by Crippen LogP contribution is -2.45. The molecule has 0 saturated heterocycles. The van der Waals surface area contributed by atoms with E-state index in [-0.39, 0.29) is 30.6 Å². The molecule has 3 rings (SSSR count). The van der Waals surface area contributed by atoms with Crippen molar-refractivity contribution in [2.75, 3.05) is 12.1 Å². The Bertz CT molecular complexity index is 1070. The number of fused-ring (bicyclic) bond motifs is 1. The molecule has 2 aromatic rings. The zero-order chi connectivity index (χ0) is 27.8. The van der Waals surface area contributed by atoms with E-state index in [2.05, 4.69) is 15.0 Å². The maximum atomic E-state index is 11.9. The Morgan fingerprint density at radius 2 is 1.86 bits per heavy atom. The van der Waals surface area contributed by atoms with Crippen LogP contribution in [0.25, 0.3) is 11.2 Å². The molecule has 2 heterocycles. The summed E-state index contributed by atoms with van der Waals surface area (Å²) in [5.41, 5.74) is 11.6. The van der Waals surface area contributed by atoms with Crippen molar-refractivity contribution in [3.05, 3.63) is 12.7 Å². The van der Waals surface area contributed by atoms with Crippen LogP contribution in [-0.4, -0.2) is 67.8 Å². The first kappa shape index (κ1) is 30.5. The van der Waals surface area contributed by atoms with E-state index in [9.17, 15) is 14.2 Å². The number of nitrogens with zero attached hydrogens (tertiary/aromatic N) is 4. The second-order valence-corrected chi connectivity index (χ2v) is 10.8. The zero-order valence-corrected chi connectivity index (χ0v) is 23.1. The van der Waals surface area contributed by atoms with Crippen LogP contribution in [0, 0.1) is 0 Å². The molecular formula is C23H38N6O7P+. The number of esters is 2.